The van der Waals surface area contributed by atoms with Gasteiger partial charge in [0.1, 0.15) is 12.4 Å². The van der Waals surface area contributed by atoms with E-state index in [1.165, 1.54) is 5.57 Å². The summed E-state index contributed by atoms with van der Waals surface area (Å²) in [6, 6.07) is 17.5. The van der Waals surface area contributed by atoms with Crippen molar-refractivity contribution in [2.24, 2.45) is 23.2 Å². The van der Waals surface area contributed by atoms with Gasteiger partial charge in [-0.1, -0.05) is 55.8 Å². The van der Waals surface area contributed by atoms with Gasteiger partial charge < -0.3 is 14.2 Å². The molecular weight excluding hydrogens is 390 g/mol. The number of methoxy groups -OCH3 is 1. The SMILES string of the molecule is COc1ccc([C@@H]2OC[C@]3(COC(=O)Nc4ccccc4)[C@@H](C)C=C(C)[C@@H]2[C@@H]3C)cc1. The molecule has 0 spiro atoms. The van der Waals surface area contributed by atoms with E-state index in [0.29, 0.717) is 19.1 Å². The quantitative estimate of drug-likeness (QED) is 0.615. The zero-order valence-electron chi connectivity index (χ0n) is 18.6. The number of fused-ring (bicyclic) bond motifs is 2. The number of carbonyl (C=O) groups is 1. The number of ether oxygens (including phenoxy) is 3. The van der Waals surface area contributed by atoms with Crippen LogP contribution in [0.1, 0.15) is 32.4 Å². The summed E-state index contributed by atoms with van der Waals surface area (Å²) in [5, 5.41) is 2.81. The van der Waals surface area contributed by atoms with Crippen molar-refractivity contribution in [2.75, 3.05) is 25.6 Å². The van der Waals surface area contributed by atoms with Crippen LogP contribution in [-0.4, -0.2) is 26.4 Å². The maximum atomic E-state index is 12.4. The minimum atomic E-state index is -0.430. The zero-order chi connectivity index (χ0) is 22.0. The van der Waals surface area contributed by atoms with Crippen LogP contribution < -0.4 is 10.1 Å². The molecule has 0 aromatic heterocycles. The topological polar surface area (TPSA) is 56.8 Å². The predicted octanol–water partition coefficient (Wildman–Crippen LogP) is 5.85. The monoisotopic (exact) mass is 421 g/mol. The molecule has 31 heavy (non-hydrogen) atoms. The van der Waals surface area contributed by atoms with Crippen LogP contribution in [0.4, 0.5) is 10.5 Å². The van der Waals surface area contributed by atoms with Gasteiger partial charge in [-0.2, -0.15) is 0 Å². The molecule has 1 fully saturated rings. The summed E-state index contributed by atoms with van der Waals surface area (Å²) >= 11 is 0. The van der Waals surface area contributed by atoms with Gasteiger partial charge in [0.05, 0.1) is 19.8 Å². The number of carbonyl (C=O) groups excluding carboxylic acids is 1. The minimum absolute atomic E-state index is 0.0177. The molecule has 2 aliphatic rings. The summed E-state index contributed by atoms with van der Waals surface area (Å²) in [6.45, 7) is 7.53. The first-order chi connectivity index (χ1) is 14.9. The highest BCUT2D eigenvalue weighted by atomic mass is 16.6. The molecular formula is C26H31NO4. The van der Waals surface area contributed by atoms with E-state index in [1.54, 1.807) is 7.11 Å². The van der Waals surface area contributed by atoms with Gasteiger partial charge in [-0.3, -0.25) is 5.32 Å². The van der Waals surface area contributed by atoms with Crippen LogP contribution in [-0.2, 0) is 9.47 Å². The second-order valence-corrected chi connectivity index (χ2v) is 8.82. The Bertz CT molecular complexity index is 940. The smallest absolute Gasteiger partial charge is 0.411 e. The van der Waals surface area contributed by atoms with Crippen molar-refractivity contribution in [2.45, 2.75) is 26.9 Å². The van der Waals surface area contributed by atoms with Crippen molar-refractivity contribution in [3.63, 3.8) is 0 Å². The van der Waals surface area contributed by atoms with Crippen molar-refractivity contribution in [1.29, 1.82) is 0 Å². The number of nitrogens with one attached hydrogen (secondary N) is 1. The molecule has 0 unspecified atom stereocenters. The Morgan fingerprint density at radius 2 is 1.84 bits per heavy atom. The first kappa shape index (κ1) is 21.4. The van der Waals surface area contributed by atoms with Gasteiger partial charge >= 0.3 is 6.09 Å². The summed E-state index contributed by atoms with van der Waals surface area (Å²) in [7, 11) is 1.67. The highest BCUT2D eigenvalue weighted by Gasteiger charge is 2.54. The molecule has 5 heteroatoms. The Morgan fingerprint density at radius 3 is 2.52 bits per heavy atom. The number of benzene rings is 2. The molecule has 0 radical (unpaired) electrons. The number of rotatable bonds is 5. The highest BCUT2D eigenvalue weighted by molar-refractivity contribution is 5.84. The molecule has 2 bridgehead atoms. The van der Waals surface area contributed by atoms with E-state index in [9.17, 15) is 4.79 Å². The van der Waals surface area contributed by atoms with Crippen LogP contribution in [0.2, 0.25) is 0 Å². The molecule has 2 aromatic rings. The number of hydrogen-bond donors (Lipinski definition) is 1. The van der Waals surface area contributed by atoms with E-state index in [2.05, 4.69) is 44.3 Å². The van der Waals surface area contributed by atoms with Crippen LogP contribution in [0.5, 0.6) is 5.75 Å². The lowest BCUT2D eigenvalue weighted by Gasteiger charge is -2.55. The lowest BCUT2D eigenvalue weighted by Crippen LogP contribution is -2.54. The molecule has 0 saturated carbocycles. The Balaban J connectivity index is 1.51. The molecule has 1 aliphatic carbocycles. The average Bonchev–Trinajstić information content (AvgIpc) is 2.77. The van der Waals surface area contributed by atoms with Gasteiger partial charge in [-0.25, -0.2) is 4.79 Å². The Labute approximate surface area is 184 Å². The summed E-state index contributed by atoms with van der Waals surface area (Å²) in [5.74, 6) is 1.63. The van der Waals surface area contributed by atoms with Gasteiger partial charge in [0.2, 0.25) is 0 Å². The molecule has 2 aromatic carbocycles. The van der Waals surface area contributed by atoms with E-state index < -0.39 is 6.09 Å². The van der Waals surface area contributed by atoms with E-state index in [1.807, 2.05) is 42.5 Å². The number of allylic oxidation sites excluding steroid dienone is 1. The molecule has 1 aliphatic heterocycles. The van der Waals surface area contributed by atoms with Gasteiger partial charge in [0.15, 0.2) is 0 Å². The van der Waals surface area contributed by atoms with Crippen LogP contribution in [0.15, 0.2) is 66.2 Å². The summed E-state index contributed by atoms with van der Waals surface area (Å²) in [4.78, 5) is 12.4. The third-order valence-corrected chi connectivity index (χ3v) is 7.19. The predicted molar refractivity (Wildman–Crippen MR) is 121 cm³/mol. The molecule has 5 atom stereocenters. The molecule has 5 nitrogen and oxygen atoms in total. The fourth-order valence-electron chi connectivity index (χ4n) is 5.23. The molecule has 164 valence electrons. The Morgan fingerprint density at radius 1 is 1.13 bits per heavy atom. The summed E-state index contributed by atoms with van der Waals surface area (Å²) in [5.41, 5.74) is 2.96. The Hall–Kier alpha value is -2.79. The van der Waals surface area contributed by atoms with E-state index >= 15 is 0 Å². The molecule has 1 N–H and O–H groups in total. The van der Waals surface area contributed by atoms with Gasteiger partial charge in [0.25, 0.3) is 0 Å². The van der Waals surface area contributed by atoms with Gasteiger partial charge in [-0.15, -0.1) is 0 Å². The molecule has 1 amide bonds. The highest BCUT2D eigenvalue weighted by Crippen LogP contribution is 2.56. The van der Waals surface area contributed by atoms with Crippen molar-refractivity contribution in [3.05, 3.63) is 71.8 Å². The average molecular weight is 422 g/mol. The maximum Gasteiger partial charge on any atom is 0.411 e. The van der Waals surface area contributed by atoms with Crippen molar-refractivity contribution in [3.8, 4) is 5.75 Å². The normalized spacial score (nSPS) is 29.6. The molecule has 1 saturated heterocycles. The summed E-state index contributed by atoms with van der Waals surface area (Å²) < 4.78 is 17.5. The lowest BCUT2D eigenvalue weighted by atomic mass is 9.56. The number of hydrogen-bond acceptors (Lipinski definition) is 4. The fourth-order valence-corrected chi connectivity index (χ4v) is 5.23. The van der Waals surface area contributed by atoms with E-state index in [-0.39, 0.29) is 23.4 Å². The molecule has 1 heterocycles. The van der Waals surface area contributed by atoms with Crippen molar-refractivity contribution < 1.29 is 19.0 Å². The Kier molecular flexibility index (Phi) is 6.05. The van der Waals surface area contributed by atoms with Crippen LogP contribution in [0.3, 0.4) is 0 Å². The summed E-state index contributed by atoms with van der Waals surface area (Å²) in [6.07, 6.45) is 1.89. The molecule has 4 rings (SSSR count). The third-order valence-electron chi connectivity index (χ3n) is 7.19. The van der Waals surface area contributed by atoms with Crippen LogP contribution >= 0.6 is 0 Å². The minimum Gasteiger partial charge on any atom is -0.497 e. The lowest BCUT2D eigenvalue weighted by molar-refractivity contribution is -0.165. The van der Waals surface area contributed by atoms with E-state index in [0.717, 1.165) is 17.0 Å². The van der Waals surface area contributed by atoms with Crippen molar-refractivity contribution >= 4 is 11.8 Å². The van der Waals surface area contributed by atoms with Crippen LogP contribution in [0.25, 0.3) is 0 Å². The zero-order valence-corrected chi connectivity index (χ0v) is 18.6. The maximum absolute atomic E-state index is 12.4. The number of para-hydroxylation sites is 1. The largest absolute Gasteiger partial charge is 0.497 e. The fraction of sp³-hybridized carbons (Fsp3) is 0.423. The number of anilines is 1. The second-order valence-electron chi connectivity index (χ2n) is 8.82. The van der Waals surface area contributed by atoms with Crippen molar-refractivity contribution in [1.82, 2.24) is 0 Å². The van der Waals surface area contributed by atoms with E-state index in [4.69, 9.17) is 14.2 Å². The first-order valence-electron chi connectivity index (χ1n) is 10.9. The van der Waals surface area contributed by atoms with Crippen LogP contribution in [0, 0.1) is 23.2 Å². The first-order valence-corrected chi connectivity index (χ1v) is 10.9. The standard InChI is InChI=1S/C26H31NO4/c1-17-14-18(2)26(16-31-25(28)27-21-8-6-5-7-9-21)15-30-24(23(17)19(26)3)20-10-12-22(29-4)13-11-20/h5-14,18-19,23-24H,15-16H2,1-4H3,(H,27,28)/t18-,19-,23+,24-,26-/m0/s1. The van der Waals surface area contributed by atoms with Gasteiger partial charge in [0, 0.05) is 17.0 Å². The second kappa shape index (κ2) is 8.75. The van der Waals surface area contributed by atoms with Gasteiger partial charge in [-0.05, 0) is 48.6 Å². The third kappa shape index (κ3) is 4.07. The number of amides is 1.